The molecule has 0 saturated carbocycles. The van der Waals surface area contributed by atoms with E-state index in [9.17, 15) is 47.9 Å². The van der Waals surface area contributed by atoms with E-state index in [1.807, 2.05) is 29.7 Å². The van der Waals surface area contributed by atoms with Gasteiger partial charge in [0, 0.05) is 56.4 Å². The molecule has 308 valence electrons. The third kappa shape index (κ3) is 12.3. The van der Waals surface area contributed by atoms with Crippen LogP contribution in [0.2, 0.25) is 0 Å². The molecule has 22 heteroatoms. The maximum atomic E-state index is 12.1. The quantitative estimate of drug-likeness (QED) is 0.0398. The number of nitrogen functional groups attached to an aromatic ring is 1. The van der Waals surface area contributed by atoms with Crippen LogP contribution in [0.25, 0.3) is 21.9 Å². The third-order valence-electron chi connectivity index (χ3n) is 8.70. The first-order valence-electron chi connectivity index (χ1n) is 18.1. The van der Waals surface area contributed by atoms with Crippen LogP contribution in [0.15, 0.2) is 36.4 Å². The topological polar surface area (TPSA) is 292 Å². The Hall–Kier alpha value is -4.94. The molecule has 5 rings (SSSR count). The number of phosphoric acid groups is 2. The Morgan fingerprint density at radius 3 is 2.32 bits per heavy atom. The second kappa shape index (κ2) is 19.0. The summed E-state index contributed by atoms with van der Waals surface area (Å²) in [5.41, 5.74) is 9.14. The van der Waals surface area contributed by atoms with Gasteiger partial charge in [-0.3, -0.25) is 34.0 Å². The van der Waals surface area contributed by atoms with E-state index in [-0.39, 0.29) is 61.0 Å². The first-order chi connectivity index (χ1) is 27.0. The van der Waals surface area contributed by atoms with Gasteiger partial charge in [-0.05, 0) is 55.5 Å². The van der Waals surface area contributed by atoms with Crippen LogP contribution in [-0.2, 0) is 57.3 Å². The summed E-state index contributed by atoms with van der Waals surface area (Å²) in [7, 11) is -9.99. The number of nitrogens with zero attached hydrogens (tertiary/aromatic N) is 4. The average Bonchev–Trinajstić information content (AvgIpc) is 3.65. The molecule has 1 aliphatic rings. The highest BCUT2D eigenvalue weighted by Gasteiger charge is 2.33. The zero-order valence-electron chi connectivity index (χ0n) is 31.0. The average molecular weight is 835 g/mol. The van der Waals surface area contributed by atoms with Crippen molar-refractivity contribution >= 4 is 67.1 Å². The number of aryl methyl sites for hydroxylation is 2. The van der Waals surface area contributed by atoms with Gasteiger partial charge in [0.05, 0.1) is 24.0 Å². The number of hydrogen-bond acceptors (Lipinski definition) is 13. The normalized spacial score (nSPS) is 13.5. The summed E-state index contributed by atoms with van der Waals surface area (Å²) in [6.07, 6.45) is 3.51. The number of carbonyl (C=O) groups is 4. The lowest BCUT2D eigenvalue weighted by Crippen LogP contribution is -2.32. The highest BCUT2D eigenvalue weighted by atomic mass is 31.2. The minimum absolute atomic E-state index is 0.0132. The van der Waals surface area contributed by atoms with Gasteiger partial charge in [0.25, 0.3) is 11.8 Å². The van der Waals surface area contributed by atoms with Gasteiger partial charge >= 0.3 is 21.6 Å². The van der Waals surface area contributed by atoms with Crippen molar-refractivity contribution < 1.29 is 66.5 Å². The van der Waals surface area contributed by atoms with Gasteiger partial charge in [0.1, 0.15) is 22.8 Å². The molecule has 1 fully saturated rings. The zero-order chi connectivity index (χ0) is 41.3. The molecule has 0 radical (unpaired) electrons. The van der Waals surface area contributed by atoms with Crippen LogP contribution in [-0.4, -0.2) is 82.6 Å². The number of hydroxylamine groups is 2. The highest BCUT2D eigenvalue weighted by Crippen LogP contribution is 2.43. The first kappa shape index (κ1) is 43.2. The van der Waals surface area contributed by atoms with Crippen molar-refractivity contribution in [1.82, 2.24) is 24.9 Å². The van der Waals surface area contributed by atoms with Gasteiger partial charge in [-0.1, -0.05) is 25.5 Å². The molecule has 0 spiro atoms. The molecule has 7 N–H and O–H groups in total. The van der Waals surface area contributed by atoms with Crippen molar-refractivity contribution in [2.75, 3.05) is 25.5 Å². The van der Waals surface area contributed by atoms with Crippen LogP contribution in [0.1, 0.15) is 75.2 Å². The number of benzene rings is 2. The molecule has 3 amide bonds. The number of anilines is 1. The summed E-state index contributed by atoms with van der Waals surface area (Å²) >= 11 is 0. The van der Waals surface area contributed by atoms with Crippen LogP contribution in [0, 0.1) is 0 Å². The van der Waals surface area contributed by atoms with Crippen LogP contribution >= 0.6 is 15.6 Å². The SMILES string of the molecule is CCCCc1nc2c(N)nc3cc(CCCOCCCNC(=O)CCC(=O)ON4C(=O)CCC4=O)ccc3c2n1Cc1cc(OP(=O)(O)O)ccc1OP(=O)(O)O. The van der Waals surface area contributed by atoms with Gasteiger partial charge in [-0.15, -0.1) is 5.06 Å². The number of carbonyl (C=O) groups excluding carboxylic acids is 4. The van der Waals surface area contributed by atoms with E-state index in [4.69, 9.17) is 29.3 Å². The van der Waals surface area contributed by atoms with Crippen LogP contribution in [0.3, 0.4) is 0 Å². The molecule has 0 aliphatic carbocycles. The molecule has 4 aromatic rings. The number of imide groups is 1. The van der Waals surface area contributed by atoms with Crippen LogP contribution < -0.4 is 20.1 Å². The molecule has 0 atom stereocenters. The van der Waals surface area contributed by atoms with E-state index < -0.39 is 33.4 Å². The molecule has 0 bridgehead atoms. The maximum absolute atomic E-state index is 12.1. The van der Waals surface area contributed by atoms with Gasteiger partial charge in [0.2, 0.25) is 5.91 Å². The maximum Gasteiger partial charge on any atom is 0.524 e. The molecule has 1 aliphatic heterocycles. The lowest BCUT2D eigenvalue weighted by atomic mass is 10.1. The number of amides is 3. The molecule has 2 aromatic heterocycles. The number of nitrogens with two attached hydrogens (primary N) is 1. The number of hydrogen-bond donors (Lipinski definition) is 6. The predicted octanol–water partition coefficient (Wildman–Crippen LogP) is 3.34. The Morgan fingerprint density at radius 1 is 0.895 bits per heavy atom. The number of ether oxygens (including phenoxy) is 1. The molecular weight excluding hydrogens is 790 g/mol. The standard InChI is InChI=1S/C35H44N6O14P2/c1-2-3-7-28-39-33-34(40(28)21-23-20-24(54-56(46,47)48)9-11-27(23)55-57(49,50)51)25-10-8-22(19-26(25)38-35(33)36)6-4-17-52-18-5-16-37-29(42)12-15-32(45)53-41-30(43)13-14-31(41)44/h8-11,19-20H,2-7,12-18,21H2,1H3,(H2,36,38)(H,37,42)(H2,46,47,48)(H2,49,50,51). The van der Waals surface area contributed by atoms with Crippen molar-refractivity contribution in [3.05, 3.63) is 53.3 Å². The summed E-state index contributed by atoms with van der Waals surface area (Å²) in [5, 5.41) is 3.83. The zero-order valence-corrected chi connectivity index (χ0v) is 32.8. The Labute approximate surface area is 326 Å². The molecular formula is C35H44N6O14P2. The van der Waals surface area contributed by atoms with E-state index in [2.05, 4.69) is 10.3 Å². The molecule has 2 aromatic carbocycles. The molecule has 57 heavy (non-hydrogen) atoms. The second-order valence-electron chi connectivity index (χ2n) is 13.2. The van der Waals surface area contributed by atoms with Crippen molar-refractivity contribution in [3.63, 3.8) is 0 Å². The van der Waals surface area contributed by atoms with E-state index >= 15 is 0 Å². The van der Waals surface area contributed by atoms with Crippen LogP contribution in [0.5, 0.6) is 11.5 Å². The Kier molecular flexibility index (Phi) is 14.4. The van der Waals surface area contributed by atoms with Crippen molar-refractivity contribution in [2.24, 2.45) is 0 Å². The minimum Gasteiger partial charge on any atom is -0.404 e. The largest absolute Gasteiger partial charge is 0.524 e. The monoisotopic (exact) mass is 834 g/mol. The lowest BCUT2D eigenvalue weighted by Gasteiger charge is -2.17. The summed E-state index contributed by atoms with van der Waals surface area (Å²) < 4.78 is 40.6. The van der Waals surface area contributed by atoms with E-state index in [0.29, 0.717) is 78.3 Å². The number of unbranched alkanes of at least 4 members (excludes halogenated alkanes) is 1. The van der Waals surface area contributed by atoms with Crippen molar-refractivity contribution in [1.29, 1.82) is 0 Å². The first-order valence-corrected chi connectivity index (χ1v) is 21.2. The number of aromatic nitrogens is 3. The smallest absolute Gasteiger partial charge is 0.404 e. The number of phosphoric ester groups is 2. The summed E-state index contributed by atoms with van der Waals surface area (Å²) in [4.78, 5) is 99.1. The summed E-state index contributed by atoms with van der Waals surface area (Å²) in [6, 6.07) is 9.24. The highest BCUT2D eigenvalue weighted by molar-refractivity contribution is 7.47. The Balaban J connectivity index is 1.20. The summed E-state index contributed by atoms with van der Waals surface area (Å²) in [5.74, 6) is -2.09. The van der Waals surface area contributed by atoms with E-state index in [1.54, 1.807) is 0 Å². The van der Waals surface area contributed by atoms with Crippen molar-refractivity contribution in [2.45, 2.75) is 77.7 Å². The predicted molar refractivity (Wildman–Crippen MR) is 202 cm³/mol. The third-order valence-corrected chi connectivity index (χ3v) is 9.58. The van der Waals surface area contributed by atoms with Gasteiger partial charge < -0.3 is 34.2 Å². The molecule has 1 saturated heterocycles. The fraction of sp³-hybridized carbons (Fsp3) is 0.429. The number of rotatable bonds is 21. The van der Waals surface area contributed by atoms with E-state index in [0.717, 1.165) is 30.5 Å². The number of nitrogens with one attached hydrogen (secondary N) is 1. The molecule has 3 heterocycles. The fourth-order valence-electron chi connectivity index (χ4n) is 6.11. The van der Waals surface area contributed by atoms with Gasteiger partial charge in [0.15, 0.2) is 5.82 Å². The molecule has 0 unspecified atom stereocenters. The Morgan fingerprint density at radius 2 is 1.61 bits per heavy atom. The number of pyridine rings is 1. The van der Waals surface area contributed by atoms with Crippen LogP contribution in [0.4, 0.5) is 5.82 Å². The second-order valence-corrected chi connectivity index (χ2v) is 15.5. The lowest BCUT2D eigenvalue weighted by molar-refractivity contribution is -0.197. The molecule has 20 nitrogen and oxygen atoms in total. The summed E-state index contributed by atoms with van der Waals surface area (Å²) in [6.45, 7) is 3.08. The van der Waals surface area contributed by atoms with E-state index in [1.165, 1.54) is 6.07 Å². The minimum atomic E-state index is -5.03. The van der Waals surface area contributed by atoms with Crippen molar-refractivity contribution in [3.8, 4) is 11.5 Å². The Bertz CT molecular complexity index is 2220. The number of fused-ring (bicyclic) bond motifs is 3. The number of imidazole rings is 1. The van der Waals surface area contributed by atoms with Gasteiger partial charge in [-0.25, -0.2) is 23.9 Å². The fourth-order valence-corrected chi connectivity index (χ4v) is 6.93. The van der Waals surface area contributed by atoms with Gasteiger partial charge in [-0.2, -0.15) is 0 Å².